The third kappa shape index (κ3) is 0.735. The summed E-state index contributed by atoms with van der Waals surface area (Å²) in [5.74, 6) is 0.546. The van der Waals surface area contributed by atoms with Crippen LogP contribution in [0.3, 0.4) is 0 Å². The molecule has 0 spiro atoms. The Morgan fingerprint density at radius 3 is 1.83 bits per heavy atom. The van der Waals surface area contributed by atoms with Gasteiger partial charge in [-0.3, -0.25) is 0 Å². The van der Waals surface area contributed by atoms with Gasteiger partial charge in [-0.1, -0.05) is 25.7 Å². The van der Waals surface area contributed by atoms with E-state index in [1.807, 2.05) is 0 Å². The van der Waals surface area contributed by atoms with Crippen LogP contribution in [-0.2, 0) is 0 Å². The van der Waals surface area contributed by atoms with Crippen molar-refractivity contribution in [2.75, 3.05) is 0 Å². The molecule has 0 unspecified atom stereocenters. The van der Waals surface area contributed by atoms with Crippen LogP contribution in [0.5, 0.6) is 0 Å². The number of hydrogen-bond donors (Lipinski definition) is 0. The van der Waals surface area contributed by atoms with E-state index >= 15 is 0 Å². The molecule has 0 heterocycles. The minimum Gasteiger partial charge on any atom is -0.0530 e. The van der Waals surface area contributed by atoms with Gasteiger partial charge in [-0.25, -0.2) is 0 Å². The molecule has 34 valence electrons. The van der Waals surface area contributed by atoms with Crippen LogP contribution >= 0.6 is 0 Å². The molecular formula is C6H10. The Bertz CT molecular complexity index is 33.3. The normalized spacial score (nSPS) is 25.5. The largest absolute Gasteiger partial charge is 0.0530 e. The molecular weight excluding hydrogens is 72.1 g/mol. The zero-order valence-electron chi connectivity index (χ0n) is 3.98. The van der Waals surface area contributed by atoms with E-state index in [2.05, 4.69) is 0 Å². The molecule has 0 aromatic heterocycles. The standard InChI is InChI=1S/C6H10/c1-6-4-2-3-5-6/h1,6H,2-5H2. The van der Waals surface area contributed by atoms with Crippen molar-refractivity contribution in [1.82, 2.24) is 0 Å². The number of rotatable bonds is 0. The lowest BCUT2D eigenvalue weighted by molar-refractivity contribution is 0.681. The fourth-order valence-electron chi connectivity index (χ4n) is 0.957. The van der Waals surface area contributed by atoms with Crippen LogP contribution in [0.4, 0.5) is 0 Å². The average Bonchev–Trinajstić information content (AvgIpc) is 1.86. The van der Waals surface area contributed by atoms with Gasteiger partial charge in [-0.2, -0.15) is 0 Å². The molecule has 1 aliphatic rings. The molecule has 0 aromatic carbocycles. The fraction of sp³-hybridized carbons (Fsp3) is 0.833. The minimum atomic E-state index is 0.546. The van der Waals surface area contributed by atoms with Crippen LogP contribution in [0.15, 0.2) is 0 Å². The summed E-state index contributed by atoms with van der Waals surface area (Å²) in [6, 6.07) is 0. The molecule has 0 bridgehead atoms. The van der Waals surface area contributed by atoms with Crippen molar-refractivity contribution in [1.29, 1.82) is 0 Å². The summed E-state index contributed by atoms with van der Waals surface area (Å²) in [6.07, 6.45) is 5.25. The quantitative estimate of drug-likeness (QED) is 0.418. The smallest absolute Gasteiger partial charge is 0.0318 e. The first-order chi connectivity index (χ1) is 2.89. The molecule has 0 aromatic rings. The molecule has 0 saturated heterocycles. The SMILES string of the molecule is [CH]C1CCCC1. The number of hydrogen-bond acceptors (Lipinski definition) is 0. The minimum absolute atomic E-state index is 0.546. The Morgan fingerprint density at radius 2 is 1.67 bits per heavy atom. The molecule has 1 aliphatic carbocycles. The van der Waals surface area contributed by atoms with Gasteiger partial charge in [-0.15, -0.1) is 0 Å². The summed E-state index contributed by atoms with van der Waals surface area (Å²) in [7, 11) is 0. The van der Waals surface area contributed by atoms with E-state index in [9.17, 15) is 0 Å². The van der Waals surface area contributed by atoms with Gasteiger partial charge in [0.2, 0.25) is 0 Å². The van der Waals surface area contributed by atoms with Crippen molar-refractivity contribution in [2.24, 2.45) is 5.92 Å². The molecule has 0 heteroatoms. The van der Waals surface area contributed by atoms with Crippen LogP contribution in [-0.4, -0.2) is 0 Å². The maximum absolute atomic E-state index is 5.53. The molecule has 2 radical (unpaired) electrons. The molecule has 1 fully saturated rings. The predicted octanol–water partition coefficient (Wildman–Crippen LogP) is 1.89. The second-order valence-corrected chi connectivity index (χ2v) is 2.04. The average molecular weight is 82.1 g/mol. The summed E-state index contributed by atoms with van der Waals surface area (Å²) in [5, 5.41) is 0. The van der Waals surface area contributed by atoms with E-state index in [-0.39, 0.29) is 0 Å². The first-order valence-electron chi connectivity index (χ1n) is 2.65. The first kappa shape index (κ1) is 4.17. The van der Waals surface area contributed by atoms with Gasteiger partial charge in [0.15, 0.2) is 0 Å². The van der Waals surface area contributed by atoms with E-state index in [0.717, 1.165) is 0 Å². The zero-order valence-corrected chi connectivity index (χ0v) is 3.98. The van der Waals surface area contributed by atoms with E-state index < -0.39 is 0 Å². The summed E-state index contributed by atoms with van der Waals surface area (Å²) in [5.41, 5.74) is 0. The van der Waals surface area contributed by atoms with Gasteiger partial charge in [0.05, 0.1) is 0 Å². The van der Waals surface area contributed by atoms with Gasteiger partial charge in [0.1, 0.15) is 0 Å². The van der Waals surface area contributed by atoms with Crippen LogP contribution in [0.2, 0.25) is 0 Å². The first-order valence-corrected chi connectivity index (χ1v) is 2.65. The van der Waals surface area contributed by atoms with Crippen LogP contribution in [0, 0.1) is 12.8 Å². The Balaban J connectivity index is 2.18. The van der Waals surface area contributed by atoms with Gasteiger partial charge in [0.25, 0.3) is 0 Å². The molecule has 0 N–H and O–H groups in total. The Labute approximate surface area is 39.6 Å². The molecule has 1 saturated carbocycles. The van der Waals surface area contributed by atoms with Crippen molar-refractivity contribution >= 4 is 0 Å². The maximum Gasteiger partial charge on any atom is -0.0318 e. The van der Waals surface area contributed by atoms with E-state index in [4.69, 9.17) is 6.92 Å². The third-order valence-electron chi connectivity index (χ3n) is 1.40. The van der Waals surface area contributed by atoms with E-state index in [1.54, 1.807) is 0 Å². The highest BCUT2D eigenvalue weighted by Gasteiger charge is 2.07. The maximum atomic E-state index is 5.53. The monoisotopic (exact) mass is 82.1 g/mol. The second-order valence-electron chi connectivity index (χ2n) is 2.04. The van der Waals surface area contributed by atoms with E-state index in [0.29, 0.717) is 5.92 Å². The molecule has 0 nitrogen and oxygen atoms in total. The van der Waals surface area contributed by atoms with Crippen LogP contribution in [0.1, 0.15) is 25.7 Å². The topological polar surface area (TPSA) is 0 Å². The van der Waals surface area contributed by atoms with Crippen LogP contribution in [0.25, 0.3) is 0 Å². The Morgan fingerprint density at radius 1 is 1.17 bits per heavy atom. The molecule has 0 atom stereocenters. The molecule has 1 rings (SSSR count). The van der Waals surface area contributed by atoms with Gasteiger partial charge in [0, 0.05) is 0 Å². The highest BCUT2D eigenvalue weighted by molar-refractivity contribution is 4.67. The summed E-state index contributed by atoms with van der Waals surface area (Å²) in [4.78, 5) is 0. The Hall–Kier alpha value is 0. The van der Waals surface area contributed by atoms with Crippen molar-refractivity contribution < 1.29 is 0 Å². The highest BCUT2D eigenvalue weighted by atomic mass is 14.1. The highest BCUT2D eigenvalue weighted by Crippen LogP contribution is 2.22. The summed E-state index contributed by atoms with van der Waals surface area (Å²) in [6.45, 7) is 5.53. The molecule has 0 aliphatic heterocycles. The Kier molecular flexibility index (Phi) is 1.13. The molecule has 0 amide bonds. The lowest BCUT2D eigenvalue weighted by Gasteiger charge is -1.90. The van der Waals surface area contributed by atoms with E-state index in [1.165, 1.54) is 25.7 Å². The van der Waals surface area contributed by atoms with Crippen LogP contribution < -0.4 is 0 Å². The predicted molar refractivity (Wildman–Crippen MR) is 26.3 cm³/mol. The summed E-state index contributed by atoms with van der Waals surface area (Å²) >= 11 is 0. The third-order valence-corrected chi connectivity index (χ3v) is 1.40. The van der Waals surface area contributed by atoms with Gasteiger partial charge < -0.3 is 0 Å². The molecule has 6 heavy (non-hydrogen) atoms. The summed E-state index contributed by atoms with van der Waals surface area (Å²) < 4.78 is 0. The lowest BCUT2D eigenvalue weighted by atomic mass is 10.2. The second kappa shape index (κ2) is 1.63. The zero-order chi connectivity index (χ0) is 4.41. The van der Waals surface area contributed by atoms with Crippen molar-refractivity contribution in [3.05, 3.63) is 6.92 Å². The lowest BCUT2D eigenvalue weighted by Crippen LogP contribution is -1.79. The van der Waals surface area contributed by atoms with Crippen molar-refractivity contribution in [3.63, 3.8) is 0 Å². The van der Waals surface area contributed by atoms with Crippen molar-refractivity contribution in [3.8, 4) is 0 Å². The van der Waals surface area contributed by atoms with Crippen molar-refractivity contribution in [2.45, 2.75) is 25.7 Å². The fourth-order valence-corrected chi connectivity index (χ4v) is 0.957. The van der Waals surface area contributed by atoms with Gasteiger partial charge in [-0.05, 0) is 12.8 Å². The van der Waals surface area contributed by atoms with Gasteiger partial charge >= 0.3 is 0 Å².